The van der Waals surface area contributed by atoms with Crippen LogP contribution in [0.4, 0.5) is 17.1 Å². The molecule has 0 saturated carbocycles. The molecule has 4 rings (SSSR count). The number of carboxylic acids is 1. The van der Waals surface area contributed by atoms with Crippen molar-refractivity contribution in [2.75, 3.05) is 4.90 Å². The van der Waals surface area contributed by atoms with Crippen LogP contribution < -0.4 is 4.90 Å². The van der Waals surface area contributed by atoms with Crippen LogP contribution in [0.5, 0.6) is 0 Å². The van der Waals surface area contributed by atoms with Gasteiger partial charge in [0.25, 0.3) is 0 Å². The van der Waals surface area contributed by atoms with Crippen LogP contribution in [0.2, 0.25) is 0 Å². The van der Waals surface area contributed by atoms with Gasteiger partial charge in [-0.05, 0) is 71.1 Å². The molecular formula is C30H27NO2. The molecule has 3 nitrogen and oxygen atoms in total. The minimum absolute atomic E-state index is 0.844. The third-order valence-corrected chi connectivity index (χ3v) is 5.54. The maximum Gasteiger partial charge on any atom is 0.328 e. The number of hydrogen-bond donors (Lipinski definition) is 1. The van der Waals surface area contributed by atoms with Crippen LogP contribution in [-0.2, 0) is 11.2 Å². The highest BCUT2D eigenvalue weighted by Crippen LogP contribution is 2.35. The minimum Gasteiger partial charge on any atom is -0.478 e. The van der Waals surface area contributed by atoms with Crippen molar-refractivity contribution < 1.29 is 9.90 Å². The van der Waals surface area contributed by atoms with E-state index in [1.807, 2.05) is 42.5 Å². The Morgan fingerprint density at radius 2 is 1.24 bits per heavy atom. The van der Waals surface area contributed by atoms with Crippen molar-refractivity contribution in [2.24, 2.45) is 0 Å². The Kier molecular flexibility index (Phi) is 7.01. The normalized spacial score (nSPS) is 10.9. The summed E-state index contributed by atoms with van der Waals surface area (Å²) in [6.45, 7) is 2.20. The molecule has 4 aromatic carbocycles. The summed E-state index contributed by atoms with van der Waals surface area (Å²) in [6.07, 6.45) is 5.01. The van der Waals surface area contributed by atoms with Gasteiger partial charge in [0.1, 0.15) is 0 Å². The standard InChI is InChI=1S/C30H27NO2/c1-2-6-23-9-14-25(15-10-23)26-16-20-29(21-17-26)31(27-7-4-3-5-8-27)28-18-11-24(12-19-28)13-22-30(32)33/h3-5,7-22H,2,6H2,1H3,(H,32,33). The topological polar surface area (TPSA) is 40.5 Å². The second-order valence-electron chi connectivity index (χ2n) is 7.93. The zero-order valence-electron chi connectivity index (χ0n) is 18.7. The van der Waals surface area contributed by atoms with Gasteiger partial charge in [0, 0.05) is 23.1 Å². The zero-order valence-corrected chi connectivity index (χ0v) is 18.7. The monoisotopic (exact) mass is 433 g/mol. The summed E-state index contributed by atoms with van der Waals surface area (Å²) in [6, 6.07) is 35.5. The molecule has 0 unspecified atom stereocenters. The number of carboxylic acid groups (broad SMARTS) is 1. The summed E-state index contributed by atoms with van der Waals surface area (Å²) in [5, 5.41) is 8.86. The first-order valence-corrected chi connectivity index (χ1v) is 11.2. The van der Waals surface area contributed by atoms with Crippen molar-refractivity contribution in [2.45, 2.75) is 19.8 Å². The van der Waals surface area contributed by atoms with Crippen molar-refractivity contribution in [3.63, 3.8) is 0 Å². The van der Waals surface area contributed by atoms with Gasteiger partial charge in [-0.2, -0.15) is 0 Å². The highest BCUT2D eigenvalue weighted by molar-refractivity contribution is 5.85. The summed E-state index contributed by atoms with van der Waals surface area (Å²) in [5.41, 5.74) is 7.73. The Hall–Kier alpha value is -4.11. The van der Waals surface area contributed by atoms with E-state index in [-0.39, 0.29) is 0 Å². The van der Waals surface area contributed by atoms with Crippen LogP contribution in [-0.4, -0.2) is 11.1 Å². The molecule has 0 aliphatic heterocycles. The van der Waals surface area contributed by atoms with Crippen molar-refractivity contribution in [1.82, 2.24) is 0 Å². The maximum atomic E-state index is 10.8. The Morgan fingerprint density at radius 1 is 0.727 bits per heavy atom. The van der Waals surface area contributed by atoms with E-state index >= 15 is 0 Å². The van der Waals surface area contributed by atoms with Gasteiger partial charge in [-0.3, -0.25) is 0 Å². The van der Waals surface area contributed by atoms with Crippen LogP contribution in [0.15, 0.2) is 109 Å². The van der Waals surface area contributed by atoms with Crippen LogP contribution in [0.25, 0.3) is 17.2 Å². The molecule has 0 radical (unpaired) electrons. The van der Waals surface area contributed by atoms with Gasteiger partial charge in [0.05, 0.1) is 0 Å². The van der Waals surface area contributed by atoms with E-state index in [9.17, 15) is 4.79 Å². The fraction of sp³-hybridized carbons (Fsp3) is 0.100. The second kappa shape index (κ2) is 10.5. The number of aliphatic carboxylic acids is 1. The van der Waals surface area contributed by atoms with Crippen LogP contribution in [0.3, 0.4) is 0 Å². The molecule has 0 aromatic heterocycles. The van der Waals surface area contributed by atoms with Gasteiger partial charge in [-0.1, -0.05) is 80.1 Å². The molecule has 0 atom stereocenters. The van der Waals surface area contributed by atoms with E-state index in [0.29, 0.717) is 0 Å². The lowest BCUT2D eigenvalue weighted by Gasteiger charge is -2.25. The van der Waals surface area contributed by atoms with Crippen LogP contribution in [0, 0.1) is 0 Å². The molecular weight excluding hydrogens is 406 g/mol. The zero-order chi connectivity index (χ0) is 23.0. The average Bonchev–Trinajstić information content (AvgIpc) is 2.85. The Labute approximate surface area is 195 Å². The van der Waals surface area contributed by atoms with E-state index in [2.05, 4.69) is 72.5 Å². The summed E-state index contributed by atoms with van der Waals surface area (Å²) in [4.78, 5) is 13.0. The van der Waals surface area contributed by atoms with Gasteiger partial charge in [0.15, 0.2) is 0 Å². The Balaban J connectivity index is 1.65. The molecule has 33 heavy (non-hydrogen) atoms. The van der Waals surface area contributed by atoms with E-state index in [1.165, 1.54) is 16.7 Å². The number of rotatable bonds is 8. The predicted molar refractivity (Wildman–Crippen MR) is 137 cm³/mol. The highest BCUT2D eigenvalue weighted by Gasteiger charge is 2.12. The lowest BCUT2D eigenvalue weighted by Crippen LogP contribution is -2.09. The van der Waals surface area contributed by atoms with Gasteiger partial charge >= 0.3 is 5.97 Å². The summed E-state index contributed by atoms with van der Waals surface area (Å²) >= 11 is 0. The van der Waals surface area contributed by atoms with Gasteiger partial charge in [-0.15, -0.1) is 0 Å². The molecule has 0 aliphatic rings. The maximum absolute atomic E-state index is 10.8. The molecule has 164 valence electrons. The SMILES string of the molecule is CCCc1ccc(-c2ccc(N(c3ccccc3)c3ccc(C=CC(=O)O)cc3)cc2)cc1. The van der Waals surface area contributed by atoms with E-state index in [0.717, 1.165) is 41.5 Å². The van der Waals surface area contributed by atoms with Gasteiger partial charge in [0.2, 0.25) is 0 Å². The molecule has 0 saturated heterocycles. The van der Waals surface area contributed by atoms with Crippen molar-refractivity contribution in [3.8, 4) is 11.1 Å². The first kappa shape index (κ1) is 22.1. The predicted octanol–water partition coefficient (Wildman–Crippen LogP) is 7.87. The third kappa shape index (κ3) is 5.58. The summed E-state index contributed by atoms with van der Waals surface area (Å²) < 4.78 is 0. The first-order valence-electron chi connectivity index (χ1n) is 11.2. The van der Waals surface area contributed by atoms with E-state index in [1.54, 1.807) is 6.08 Å². The number of hydrogen-bond acceptors (Lipinski definition) is 2. The Morgan fingerprint density at radius 3 is 1.79 bits per heavy atom. The Bertz CT molecular complexity index is 1210. The summed E-state index contributed by atoms with van der Waals surface area (Å²) in [5.74, 6) is -0.954. The lowest BCUT2D eigenvalue weighted by molar-refractivity contribution is -0.131. The quantitative estimate of drug-likeness (QED) is 0.287. The third-order valence-electron chi connectivity index (χ3n) is 5.54. The molecule has 0 fully saturated rings. The van der Waals surface area contributed by atoms with Gasteiger partial charge in [-0.25, -0.2) is 4.79 Å². The van der Waals surface area contributed by atoms with Crippen molar-refractivity contribution >= 4 is 29.1 Å². The molecule has 0 heterocycles. The average molecular weight is 434 g/mol. The van der Waals surface area contributed by atoms with Crippen LogP contribution >= 0.6 is 0 Å². The number of anilines is 3. The molecule has 0 bridgehead atoms. The van der Waals surface area contributed by atoms with Crippen molar-refractivity contribution in [3.05, 3.63) is 120 Å². The van der Waals surface area contributed by atoms with Gasteiger partial charge < -0.3 is 10.0 Å². The molecule has 0 amide bonds. The highest BCUT2D eigenvalue weighted by atomic mass is 16.4. The van der Waals surface area contributed by atoms with Crippen LogP contribution in [0.1, 0.15) is 24.5 Å². The fourth-order valence-corrected chi connectivity index (χ4v) is 3.88. The minimum atomic E-state index is -0.954. The molecule has 3 heteroatoms. The number of nitrogens with zero attached hydrogens (tertiary/aromatic N) is 1. The lowest BCUT2D eigenvalue weighted by atomic mass is 10.0. The van der Waals surface area contributed by atoms with E-state index < -0.39 is 5.97 Å². The molecule has 1 N–H and O–H groups in total. The number of para-hydroxylation sites is 1. The smallest absolute Gasteiger partial charge is 0.328 e. The molecule has 0 aliphatic carbocycles. The van der Waals surface area contributed by atoms with Crippen molar-refractivity contribution in [1.29, 1.82) is 0 Å². The fourth-order valence-electron chi connectivity index (χ4n) is 3.88. The summed E-state index contributed by atoms with van der Waals surface area (Å²) in [7, 11) is 0. The largest absolute Gasteiger partial charge is 0.478 e. The number of carbonyl (C=O) groups is 1. The number of benzene rings is 4. The molecule has 0 spiro atoms. The molecule has 4 aromatic rings. The first-order chi connectivity index (χ1) is 16.1. The second-order valence-corrected chi connectivity index (χ2v) is 7.93. The van der Waals surface area contributed by atoms with E-state index in [4.69, 9.17) is 5.11 Å². The number of aryl methyl sites for hydroxylation is 1.